The number of nitrogens with zero attached hydrogens (tertiary/aromatic N) is 2. The Hall–Kier alpha value is -2.57. The highest BCUT2D eigenvalue weighted by Crippen LogP contribution is 2.15. The summed E-state index contributed by atoms with van der Waals surface area (Å²) in [6.45, 7) is 5.58. The summed E-state index contributed by atoms with van der Waals surface area (Å²) < 4.78 is 10.8. The normalized spacial score (nSPS) is 15.9. The van der Waals surface area contributed by atoms with Gasteiger partial charge in [0.25, 0.3) is 5.91 Å². The molecule has 0 spiro atoms. The molecular formula is C22H28N2O4. The fraction of sp³-hybridized carbons (Fsp3) is 0.409. The lowest BCUT2D eigenvalue weighted by atomic mass is 10.1. The first kappa shape index (κ1) is 20.2. The van der Waals surface area contributed by atoms with Gasteiger partial charge in [0.15, 0.2) is 0 Å². The van der Waals surface area contributed by atoms with Gasteiger partial charge in [-0.1, -0.05) is 12.1 Å². The molecule has 28 heavy (non-hydrogen) atoms. The van der Waals surface area contributed by atoms with Crippen LogP contribution < -0.4 is 9.47 Å². The van der Waals surface area contributed by atoms with E-state index < -0.39 is 6.10 Å². The number of β-amino-alcohol motifs (C(OH)–C–C–N with tert-alkyl or cyclic N) is 1. The minimum atomic E-state index is -0.565. The highest BCUT2D eigenvalue weighted by Gasteiger charge is 2.23. The molecule has 2 aromatic carbocycles. The third-order valence-corrected chi connectivity index (χ3v) is 4.90. The predicted molar refractivity (Wildman–Crippen MR) is 108 cm³/mol. The van der Waals surface area contributed by atoms with Crippen molar-refractivity contribution in [3.63, 3.8) is 0 Å². The smallest absolute Gasteiger partial charge is 0.253 e. The van der Waals surface area contributed by atoms with Crippen molar-refractivity contribution in [3.05, 3.63) is 59.7 Å². The second-order valence-electron chi connectivity index (χ2n) is 7.10. The first-order valence-corrected chi connectivity index (χ1v) is 9.58. The van der Waals surface area contributed by atoms with Crippen LogP contribution in [0.3, 0.4) is 0 Å². The summed E-state index contributed by atoms with van der Waals surface area (Å²) in [6.07, 6.45) is -0.565. The van der Waals surface area contributed by atoms with Crippen LogP contribution >= 0.6 is 0 Å². The molecule has 1 aliphatic rings. The number of aliphatic hydroxyl groups excluding tert-OH is 1. The number of piperazine rings is 1. The average Bonchev–Trinajstić information content (AvgIpc) is 2.72. The zero-order valence-electron chi connectivity index (χ0n) is 16.5. The second kappa shape index (κ2) is 9.57. The first-order chi connectivity index (χ1) is 13.5. The van der Waals surface area contributed by atoms with Gasteiger partial charge in [-0.05, 0) is 48.9 Å². The van der Waals surface area contributed by atoms with Gasteiger partial charge >= 0.3 is 0 Å². The lowest BCUT2D eigenvalue weighted by Crippen LogP contribution is -2.50. The van der Waals surface area contributed by atoms with E-state index >= 15 is 0 Å². The molecule has 1 atom stereocenters. The van der Waals surface area contributed by atoms with E-state index in [1.54, 1.807) is 31.4 Å². The Kier molecular flexibility index (Phi) is 6.90. The molecule has 1 amide bonds. The minimum absolute atomic E-state index is 0.0330. The zero-order chi connectivity index (χ0) is 19.9. The molecule has 1 N–H and O–H groups in total. The lowest BCUT2D eigenvalue weighted by molar-refractivity contribution is 0.0403. The minimum Gasteiger partial charge on any atom is -0.497 e. The van der Waals surface area contributed by atoms with Gasteiger partial charge in [-0.3, -0.25) is 9.69 Å². The summed E-state index contributed by atoms with van der Waals surface area (Å²) >= 11 is 0. The number of methoxy groups -OCH3 is 1. The molecule has 0 unspecified atom stereocenters. The molecule has 0 bridgehead atoms. The van der Waals surface area contributed by atoms with Crippen molar-refractivity contribution in [2.75, 3.05) is 46.4 Å². The van der Waals surface area contributed by atoms with Crippen molar-refractivity contribution in [2.24, 2.45) is 0 Å². The summed E-state index contributed by atoms with van der Waals surface area (Å²) in [5.41, 5.74) is 1.80. The van der Waals surface area contributed by atoms with Crippen LogP contribution in [0, 0.1) is 6.92 Å². The number of benzene rings is 2. The van der Waals surface area contributed by atoms with Gasteiger partial charge in [-0.15, -0.1) is 0 Å². The molecule has 3 rings (SSSR count). The van der Waals surface area contributed by atoms with E-state index in [4.69, 9.17) is 9.47 Å². The van der Waals surface area contributed by atoms with Crippen LogP contribution in [0.5, 0.6) is 11.5 Å². The number of hydrogen-bond acceptors (Lipinski definition) is 5. The van der Waals surface area contributed by atoms with Crippen LogP contribution in [0.15, 0.2) is 48.5 Å². The van der Waals surface area contributed by atoms with E-state index in [9.17, 15) is 9.90 Å². The Labute approximate surface area is 166 Å². The first-order valence-electron chi connectivity index (χ1n) is 9.58. The highest BCUT2D eigenvalue weighted by molar-refractivity contribution is 5.94. The number of hydrogen-bond donors (Lipinski definition) is 1. The number of carbonyl (C=O) groups excluding carboxylic acids is 1. The van der Waals surface area contributed by atoms with Crippen LogP contribution in [0.25, 0.3) is 0 Å². The number of ether oxygens (including phenoxy) is 2. The Bertz CT molecular complexity index is 770. The standard InChI is InChI=1S/C22H28N2O4/c1-17-4-3-5-21(14-17)28-16-19(25)15-23-10-12-24(13-11-23)22(26)18-6-8-20(27-2)9-7-18/h3-9,14,19,25H,10-13,15-16H2,1-2H3/t19-/m0/s1. The number of carbonyl (C=O) groups is 1. The molecule has 150 valence electrons. The van der Waals surface area contributed by atoms with Gasteiger partial charge in [-0.25, -0.2) is 0 Å². The van der Waals surface area contributed by atoms with E-state index in [0.29, 0.717) is 25.2 Å². The van der Waals surface area contributed by atoms with Crippen molar-refractivity contribution in [1.29, 1.82) is 0 Å². The molecule has 1 heterocycles. The highest BCUT2D eigenvalue weighted by atomic mass is 16.5. The molecule has 6 heteroatoms. The third-order valence-electron chi connectivity index (χ3n) is 4.90. The van der Waals surface area contributed by atoms with Gasteiger partial charge in [0.2, 0.25) is 0 Å². The van der Waals surface area contributed by atoms with Crippen LogP contribution in [-0.4, -0.2) is 73.4 Å². The van der Waals surface area contributed by atoms with E-state index in [2.05, 4.69) is 4.90 Å². The van der Waals surface area contributed by atoms with E-state index in [1.165, 1.54) is 0 Å². The van der Waals surface area contributed by atoms with Gasteiger partial charge < -0.3 is 19.5 Å². The van der Waals surface area contributed by atoms with E-state index in [1.807, 2.05) is 36.1 Å². The zero-order valence-corrected chi connectivity index (χ0v) is 16.5. The molecule has 2 aromatic rings. The van der Waals surface area contributed by atoms with Gasteiger partial charge in [0.05, 0.1) is 7.11 Å². The van der Waals surface area contributed by atoms with E-state index in [0.717, 1.165) is 30.2 Å². The van der Waals surface area contributed by atoms with Crippen LogP contribution in [0.4, 0.5) is 0 Å². The molecular weight excluding hydrogens is 356 g/mol. The van der Waals surface area contributed by atoms with Crippen molar-refractivity contribution in [3.8, 4) is 11.5 Å². The summed E-state index contributed by atoms with van der Waals surface area (Å²) in [5, 5.41) is 10.3. The van der Waals surface area contributed by atoms with Gasteiger partial charge in [0, 0.05) is 38.3 Å². The fourth-order valence-corrected chi connectivity index (χ4v) is 3.30. The Morgan fingerprint density at radius 3 is 2.43 bits per heavy atom. The molecule has 0 aromatic heterocycles. The third kappa shape index (κ3) is 5.47. The molecule has 0 aliphatic carbocycles. The fourth-order valence-electron chi connectivity index (χ4n) is 3.30. The van der Waals surface area contributed by atoms with Gasteiger partial charge in [-0.2, -0.15) is 0 Å². The number of rotatable bonds is 7. The van der Waals surface area contributed by atoms with E-state index in [-0.39, 0.29) is 12.5 Å². The maximum Gasteiger partial charge on any atom is 0.253 e. The summed E-state index contributed by atoms with van der Waals surface area (Å²) in [6, 6.07) is 15.0. The average molecular weight is 384 g/mol. The van der Waals surface area contributed by atoms with Crippen LogP contribution in [0.2, 0.25) is 0 Å². The maximum atomic E-state index is 12.6. The largest absolute Gasteiger partial charge is 0.497 e. The topological polar surface area (TPSA) is 62.2 Å². The quantitative estimate of drug-likeness (QED) is 0.793. The Morgan fingerprint density at radius 2 is 1.79 bits per heavy atom. The Balaban J connectivity index is 1.42. The SMILES string of the molecule is COc1ccc(C(=O)N2CCN(C[C@H](O)COc3cccc(C)c3)CC2)cc1. The summed E-state index contributed by atoms with van der Waals surface area (Å²) in [5.74, 6) is 1.54. The molecule has 1 aliphatic heterocycles. The number of amides is 1. The summed E-state index contributed by atoms with van der Waals surface area (Å²) in [7, 11) is 1.61. The second-order valence-corrected chi connectivity index (χ2v) is 7.10. The molecule has 0 radical (unpaired) electrons. The Morgan fingerprint density at radius 1 is 1.07 bits per heavy atom. The van der Waals surface area contributed by atoms with Crippen molar-refractivity contribution in [1.82, 2.24) is 9.80 Å². The number of aryl methyl sites for hydroxylation is 1. The lowest BCUT2D eigenvalue weighted by Gasteiger charge is -2.35. The van der Waals surface area contributed by atoms with Gasteiger partial charge in [0.1, 0.15) is 24.2 Å². The molecule has 1 saturated heterocycles. The predicted octanol–water partition coefficient (Wildman–Crippen LogP) is 2.20. The summed E-state index contributed by atoms with van der Waals surface area (Å²) in [4.78, 5) is 16.6. The molecule has 1 fully saturated rings. The molecule has 0 saturated carbocycles. The monoisotopic (exact) mass is 384 g/mol. The maximum absolute atomic E-state index is 12.6. The van der Waals surface area contributed by atoms with Crippen molar-refractivity contribution >= 4 is 5.91 Å². The number of aliphatic hydroxyl groups is 1. The van der Waals surface area contributed by atoms with Crippen molar-refractivity contribution < 1.29 is 19.4 Å². The molecule has 6 nitrogen and oxygen atoms in total. The van der Waals surface area contributed by atoms with Crippen molar-refractivity contribution in [2.45, 2.75) is 13.0 Å². The van der Waals surface area contributed by atoms with Crippen LogP contribution in [-0.2, 0) is 0 Å². The van der Waals surface area contributed by atoms with Crippen LogP contribution in [0.1, 0.15) is 15.9 Å².